The Bertz CT molecular complexity index is 1260. The molecule has 3 amide bonds. The highest BCUT2D eigenvalue weighted by molar-refractivity contribution is 6.37. The number of imide groups is 1. The topological polar surface area (TPSA) is 92.8 Å². The van der Waals surface area contributed by atoms with E-state index in [0.29, 0.717) is 16.5 Å². The lowest BCUT2D eigenvalue weighted by Crippen LogP contribution is -2.41. The van der Waals surface area contributed by atoms with Crippen LogP contribution in [0.5, 0.6) is 5.75 Å². The van der Waals surface area contributed by atoms with E-state index in [1.165, 1.54) is 12.1 Å². The summed E-state index contributed by atoms with van der Waals surface area (Å²) in [5.41, 5.74) is 1.27. The Morgan fingerprint density at radius 3 is 2.21 bits per heavy atom. The van der Waals surface area contributed by atoms with Crippen LogP contribution in [0.3, 0.4) is 0 Å². The van der Waals surface area contributed by atoms with Crippen molar-refractivity contribution < 1.29 is 23.9 Å². The second-order valence-electron chi connectivity index (χ2n) is 8.33. The number of ether oxygens (including phenoxy) is 1. The Hall–Kier alpha value is -4.00. The number of rotatable bonds is 5. The molecule has 0 saturated heterocycles. The third-order valence-corrected chi connectivity index (χ3v) is 6.36. The van der Waals surface area contributed by atoms with Gasteiger partial charge >= 0.3 is 0 Å². The van der Waals surface area contributed by atoms with E-state index in [1.807, 2.05) is 0 Å². The van der Waals surface area contributed by atoms with Gasteiger partial charge in [-0.1, -0.05) is 37.5 Å². The summed E-state index contributed by atoms with van der Waals surface area (Å²) < 4.78 is 5.16. The number of anilines is 1. The molecule has 33 heavy (non-hydrogen) atoms. The van der Waals surface area contributed by atoms with Crippen molar-refractivity contribution in [2.75, 3.05) is 4.90 Å². The number of hydrogen-bond acceptors (Lipinski definition) is 5. The van der Waals surface area contributed by atoms with Gasteiger partial charge in [0, 0.05) is 27.9 Å². The fraction of sp³-hybridized carbons (Fsp3) is 0.231. The van der Waals surface area contributed by atoms with E-state index in [0.717, 1.165) is 37.0 Å². The van der Waals surface area contributed by atoms with Gasteiger partial charge in [-0.15, -0.1) is 0 Å². The predicted octanol–water partition coefficient (Wildman–Crippen LogP) is 4.24. The van der Waals surface area contributed by atoms with Crippen LogP contribution < -0.4 is 15.0 Å². The molecule has 1 heterocycles. The van der Waals surface area contributed by atoms with Crippen molar-refractivity contribution in [3.8, 4) is 5.75 Å². The minimum absolute atomic E-state index is 0.0735. The summed E-state index contributed by atoms with van der Waals surface area (Å²) in [5, 5.41) is 3.68. The van der Waals surface area contributed by atoms with Gasteiger partial charge in [0.15, 0.2) is 0 Å². The van der Waals surface area contributed by atoms with Crippen molar-refractivity contribution in [1.82, 2.24) is 5.32 Å². The average molecular weight is 442 g/mol. The van der Waals surface area contributed by atoms with E-state index < -0.39 is 11.8 Å². The third-order valence-electron chi connectivity index (χ3n) is 6.36. The van der Waals surface area contributed by atoms with Gasteiger partial charge in [-0.05, 0) is 49.2 Å². The first-order valence-corrected chi connectivity index (χ1v) is 11.0. The standard InChI is InChI=1S/C26H22N2O5/c29-15-33-21-14-13-20-22-19(25(31)28(26(20)32)17-9-5-2-6-10-17)12-11-18(23(21)22)24(30)27-16-7-3-1-4-8-16/h2,5-6,9-16H,1,3-4,7-8H2,(H,27,30). The molecule has 0 bridgehead atoms. The summed E-state index contributed by atoms with van der Waals surface area (Å²) in [6.07, 6.45) is 5.10. The molecular weight excluding hydrogens is 420 g/mol. The van der Waals surface area contributed by atoms with Crippen LogP contribution in [0.4, 0.5) is 5.69 Å². The van der Waals surface area contributed by atoms with Crippen LogP contribution >= 0.6 is 0 Å². The molecule has 1 aliphatic carbocycles. The van der Waals surface area contributed by atoms with E-state index in [4.69, 9.17) is 4.74 Å². The first-order chi connectivity index (χ1) is 16.1. The van der Waals surface area contributed by atoms with Crippen LogP contribution in [0.15, 0.2) is 54.6 Å². The Balaban J connectivity index is 1.66. The summed E-state index contributed by atoms with van der Waals surface area (Å²) in [7, 11) is 0. The minimum Gasteiger partial charge on any atom is -0.428 e. The molecular formula is C26H22N2O5. The van der Waals surface area contributed by atoms with Crippen molar-refractivity contribution in [3.63, 3.8) is 0 Å². The number of carbonyl (C=O) groups is 4. The maximum atomic E-state index is 13.4. The first-order valence-electron chi connectivity index (χ1n) is 11.0. The summed E-state index contributed by atoms with van der Waals surface area (Å²) in [4.78, 5) is 52.3. The van der Waals surface area contributed by atoms with E-state index >= 15 is 0 Å². The van der Waals surface area contributed by atoms with E-state index in [1.54, 1.807) is 42.5 Å². The molecule has 1 fully saturated rings. The van der Waals surface area contributed by atoms with Crippen LogP contribution in [-0.4, -0.2) is 30.2 Å². The number of amides is 3. The highest BCUT2D eigenvalue weighted by Gasteiger charge is 2.36. The van der Waals surface area contributed by atoms with Gasteiger partial charge < -0.3 is 10.1 Å². The van der Waals surface area contributed by atoms with Crippen LogP contribution in [0.1, 0.15) is 63.2 Å². The predicted molar refractivity (Wildman–Crippen MR) is 123 cm³/mol. The number of hydrogen-bond donors (Lipinski definition) is 1. The molecule has 166 valence electrons. The minimum atomic E-state index is -0.494. The maximum absolute atomic E-state index is 13.4. The lowest BCUT2D eigenvalue weighted by atomic mass is 9.89. The molecule has 1 aliphatic heterocycles. The van der Waals surface area contributed by atoms with Gasteiger partial charge in [0.05, 0.1) is 11.3 Å². The highest BCUT2D eigenvalue weighted by atomic mass is 16.5. The lowest BCUT2D eigenvalue weighted by molar-refractivity contribution is -0.120. The summed E-state index contributed by atoms with van der Waals surface area (Å²) in [5.74, 6) is -1.17. The van der Waals surface area contributed by atoms with E-state index in [9.17, 15) is 19.2 Å². The number of carbonyl (C=O) groups excluding carboxylic acids is 4. The summed E-state index contributed by atoms with van der Waals surface area (Å²) in [6.45, 7) is 0.273. The number of benzene rings is 3. The van der Waals surface area contributed by atoms with Crippen LogP contribution in [0.2, 0.25) is 0 Å². The fourth-order valence-electron chi connectivity index (χ4n) is 4.81. The number of para-hydroxylation sites is 1. The molecule has 3 aromatic rings. The molecule has 3 aromatic carbocycles. The zero-order chi connectivity index (χ0) is 22.9. The molecule has 2 aliphatic rings. The molecule has 7 heteroatoms. The smallest absolute Gasteiger partial charge is 0.298 e. The van der Waals surface area contributed by atoms with Gasteiger partial charge in [0.25, 0.3) is 24.2 Å². The molecule has 7 nitrogen and oxygen atoms in total. The van der Waals surface area contributed by atoms with E-state index in [2.05, 4.69) is 5.32 Å². The highest BCUT2D eigenvalue weighted by Crippen LogP contribution is 2.39. The Morgan fingerprint density at radius 1 is 0.879 bits per heavy atom. The van der Waals surface area contributed by atoms with Crippen molar-refractivity contribution in [2.45, 2.75) is 38.1 Å². The normalized spacial score (nSPS) is 16.1. The molecule has 1 N–H and O–H groups in total. The lowest BCUT2D eigenvalue weighted by Gasteiger charge is -2.28. The summed E-state index contributed by atoms with van der Waals surface area (Å²) >= 11 is 0. The van der Waals surface area contributed by atoms with Crippen LogP contribution in [-0.2, 0) is 4.79 Å². The van der Waals surface area contributed by atoms with Gasteiger partial charge in [0.2, 0.25) is 0 Å². The monoisotopic (exact) mass is 442 g/mol. The van der Waals surface area contributed by atoms with Gasteiger partial charge in [0.1, 0.15) is 5.75 Å². The second kappa shape index (κ2) is 8.50. The molecule has 0 unspecified atom stereocenters. The average Bonchev–Trinajstić information content (AvgIpc) is 2.84. The van der Waals surface area contributed by atoms with Gasteiger partial charge in [-0.2, -0.15) is 0 Å². The Labute approximate surface area is 190 Å². The van der Waals surface area contributed by atoms with Gasteiger partial charge in [-0.25, -0.2) is 4.90 Å². The summed E-state index contributed by atoms with van der Waals surface area (Å²) in [6, 6.07) is 14.9. The molecule has 5 rings (SSSR count). The number of nitrogens with zero attached hydrogens (tertiary/aromatic N) is 1. The SMILES string of the molecule is O=COc1ccc2c3c(ccc(C(=O)NC4CCCCC4)c13)C(=O)N(c1ccccc1)C2=O. The molecule has 0 radical (unpaired) electrons. The van der Waals surface area contributed by atoms with Gasteiger partial charge in [-0.3, -0.25) is 19.2 Å². The maximum Gasteiger partial charge on any atom is 0.298 e. The third kappa shape index (κ3) is 3.55. The number of nitrogens with one attached hydrogen (secondary N) is 1. The Kier molecular flexibility index (Phi) is 5.38. The first kappa shape index (κ1) is 20.9. The van der Waals surface area contributed by atoms with Crippen LogP contribution in [0, 0.1) is 0 Å². The second-order valence-corrected chi connectivity index (χ2v) is 8.33. The zero-order valence-corrected chi connectivity index (χ0v) is 17.9. The molecule has 0 aromatic heterocycles. The van der Waals surface area contributed by atoms with Crippen molar-refractivity contribution in [2.24, 2.45) is 0 Å². The van der Waals surface area contributed by atoms with Crippen molar-refractivity contribution in [3.05, 3.63) is 71.3 Å². The Morgan fingerprint density at radius 2 is 1.55 bits per heavy atom. The molecule has 1 saturated carbocycles. The molecule has 0 atom stereocenters. The van der Waals surface area contributed by atoms with Crippen LogP contribution in [0.25, 0.3) is 10.8 Å². The molecule has 0 spiro atoms. The van der Waals surface area contributed by atoms with E-state index in [-0.39, 0.29) is 40.9 Å². The largest absolute Gasteiger partial charge is 0.428 e. The quantitative estimate of drug-likeness (QED) is 0.471. The fourth-order valence-corrected chi connectivity index (χ4v) is 4.81. The van der Waals surface area contributed by atoms with Crippen molar-refractivity contribution >= 4 is 40.7 Å². The van der Waals surface area contributed by atoms with Crippen molar-refractivity contribution in [1.29, 1.82) is 0 Å². The zero-order valence-electron chi connectivity index (χ0n) is 17.9.